The molecular weight excluding hydrogens is 445 g/mol. The maximum Gasteiger partial charge on any atom is 0.191 e. The molecule has 2 aromatic rings. The van der Waals surface area contributed by atoms with Crippen molar-refractivity contribution in [2.75, 3.05) is 7.05 Å². The lowest BCUT2D eigenvalue weighted by Crippen LogP contribution is -2.45. The first-order chi connectivity index (χ1) is 11.5. The molecule has 0 spiro atoms. The quantitative estimate of drug-likeness (QED) is 0.390. The van der Waals surface area contributed by atoms with Crippen LogP contribution in [-0.2, 0) is 6.54 Å². The van der Waals surface area contributed by atoms with E-state index in [2.05, 4.69) is 60.0 Å². The molecule has 6 heteroatoms. The molecule has 0 radical (unpaired) electrons. The Balaban J connectivity index is 0.00000225. The maximum absolute atomic E-state index is 6.10. The molecule has 4 nitrogen and oxygen atoms in total. The van der Waals surface area contributed by atoms with Crippen LogP contribution in [0.1, 0.15) is 42.3 Å². The van der Waals surface area contributed by atoms with Crippen LogP contribution in [0.3, 0.4) is 0 Å². The van der Waals surface area contributed by atoms with Crippen LogP contribution < -0.4 is 15.4 Å². The van der Waals surface area contributed by atoms with E-state index in [1.165, 1.54) is 16.0 Å². The van der Waals surface area contributed by atoms with Gasteiger partial charge in [0.05, 0.1) is 12.6 Å². The second-order valence-corrected chi connectivity index (χ2v) is 7.75. The van der Waals surface area contributed by atoms with Crippen molar-refractivity contribution in [3.63, 3.8) is 0 Å². The number of aliphatic imine (C=N–C) groups is 1. The zero-order chi connectivity index (χ0) is 17.2. The number of nitrogens with one attached hydrogen (secondary N) is 2. The molecule has 0 amide bonds. The number of guanidine groups is 1. The van der Waals surface area contributed by atoms with Gasteiger partial charge in [0.1, 0.15) is 11.4 Å². The minimum absolute atomic E-state index is 0. The Labute approximate surface area is 171 Å². The summed E-state index contributed by atoms with van der Waals surface area (Å²) in [7, 11) is 1.81. The first kappa shape index (κ1) is 20.0. The minimum Gasteiger partial charge on any atom is -0.487 e. The van der Waals surface area contributed by atoms with Crippen LogP contribution in [0.25, 0.3) is 0 Å². The van der Waals surface area contributed by atoms with Crippen molar-refractivity contribution in [1.29, 1.82) is 0 Å². The highest BCUT2D eigenvalue weighted by atomic mass is 127. The van der Waals surface area contributed by atoms with E-state index in [-0.39, 0.29) is 35.6 Å². The normalized spacial score (nSPS) is 18.6. The van der Waals surface area contributed by atoms with Gasteiger partial charge in [-0.3, -0.25) is 4.99 Å². The van der Waals surface area contributed by atoms with Gasteiger partial charge in [-0.15, -0.1) is 35.3 Å². The average molecular weight is 471 g/mol. The molecule has 1 aliphatic rings. The molecule has 1 aliphatic heterocycles. The van der Waals surface area contributed by atoms with E-state index in [1.807, 2.05) is 19.2 Å². The van der Waals surface area contributed by atoms with E-state index in [1.54, 1.807) is 11.3 Å². The summed E-state index contributed by atoms with van der Waals surface area (Å²) in [4.78, 5) is 5.73. The van der Waals surface area contributed by atoms with Crippen molar-refractivity contribution in [1.82, 2.24) is 10.6 Å². The first-order valence-corrected chi connectivity index (χ1v) is 9.14. The summed E-state index contributed by atoms with van der Waals surface area (Å²) in [6.45, 7) is 7.18. The summed E-state index contributed by atoms with van der Waals surface area (Å²) < 4.78 is 6.10. The Hall–Kier alpha value is -1.28. The highest BCUT2D eigenvalue weighted by Crippen LogP contribution is 2.39. The van der Waals surface area contributed by atoms with Crippen LogP contribution in [-0.4, -0.2) is 18.6 Å². The Morgan fingerprint density at radius 1 is 1.32 bits per heavy atom. The van der Waals surface area contributed by atoms with Gasteiger partial charge in [-0.2, -0.15) is 0 Å². The molecule has 2 heterocycles. The Morgan fingerprint density at radius 3 is 2.76 bits per heavy atom. The number of halogens is 1. The van der Waals surface area contributed by atoms with Crippen LogP contribution in [0, 0.1) is 6.92 Å². The van der Waals surface area contributed by atoms with E-state index >= 15 is 0 Å². The standard InChI is InChI=1S/C19H25N3OS.HI/c1-13-9-10-24-17(13)12-21-18(20-4)22-15-11-19(2,3)23-16-8-6-5-7-14(15)16;/h5-10,15H,11-12H2,1-4H3,(H2,20,21,22);1H. The molecule has 2 N–H and O–H groups in total. The number of ether oxygens (including phenoxy) is 1. The van der Waals surface area contributed by atoms with Crippen LogP contribution in [0.15, 0.2) is 40.7 Å². The van der Waals surface area contributed by atoms with Gasteiger partial charge >= 0.3 is 0 Å². The monoisotopic (exact) mass is 471 g/mol. The molecular formula is C19H26IN3OS. The molecule has 0 fully saturated rings. The third-order valence-corrected chi connectivity index (χ3v) is 5.32. The summed E-state index contributed by atoms with van der Waals surface area (Å²) in [6, 6.07) is 10.6. The second-order valence-electron chi connectivity index (χ2n) is 6.75. The van der Waals surface area contributed by atoms with Crippen LogP contribution >= 0.6 is 35.3 Å². The summed E-state index contributed by atoms with van der Waals surface area (Å²) in [5, 5.41) is 9.11. The van der Waals surface area contributed by atoms with E-state index in [4.69, 9.17) is 4.74 Å². The number of thiophene rings is 1. The number of hydrogen-bond donors (Lipinski definition) is 2. The van der Waals surface area contributed by atoms with Gasteiger partial charge < -0.3 is 15.4 Å². The molecule has 0 aliphatic carbocycles. The third kappa shape index (κ3) is 4.88. The number of nitrogens with zero attached hydrogens (tertiary/aromatic N) is 1. The average Bonchev–Trinajstić information content (AvgIpc) is 2.95. The fourth-order valence-corrected chi connectivity index (χ4v) is 3.89. The van der Waals surface area contributed by atoms with Gasteiger partial charge in [-0.05, 0) is 43.8 Å². The Kier molecular flexibility index (Phi) is 6.73. The highest BCUT2D eigenvalue weighted by Gasteiger charge is 2.33. The number of hydrogen-bond acceptors (Lipinski definition) is 3. The minimum atomic E-state index is -0.199. The molecule has 0 saturated heterocycles. The van der Waals surface area contributed by atoms with E-state index < -0.39 is 0 Å². The molecule has 1 atom stereocenters. The predicted molar refractivity (Wildman–Crippen MR) is 116 cm³/mol. The molecule has 1 aromatic heterocycles. The smallest absolute Gasteiger partial charge is 0.191 e. The first-order valence-electron chi connectivity index (χ1n) is 8.26. The van der Waals surface area contributed by atoms with Gasteiger partial charge in [-0.1, -0.05) is 18.2 Å². The number of para-hydroxylation sites is 1. The number of aryl methyl sites for hydroxylation is 1. The molecule has 1 aromatic carbocycles. The fourth-order valence-electron chi connectivity index (χ4n) is 3.04. The van der Waals surface area contributed by atoms with Crippen molar-refractivity contribution in [2.45, 2.75) is 45.4 Å². The molecule has 0 saturated carbocycles. The largest absolute Gasteiger partial charge is 0.487 e. The highest BCUT2D eigenvalue weighted by molar-refractivity contribution is 14.0. The van der Waals surface area contributed by atoms with Gasteiger partial charge in [-0.25, -0.2) is 0 Å². The van der Waals surface area contributed by atoms with Crippen molar-refractivity contribution >= 4 is 41.3 Å². The molecule has 1 unspecified atom stereocenters. The van der Waals surface area contributed by atoms with Crippen molar-refractivity contribution in [3.05, 3.63) is 51.7 Å². The zero-order valence-corrected chi connectivity index (χ0v) is 18.3. The number of fused-ring (bicyclic) bond motifs is 1. The van der Waals surface area contributed by atoms with Gasteiger partial charge in [0.15, 0.2) is 5.96 Å². The molecule has 0 bridgehead atoms. The molecule has 136 valence electrons. The summed E-state index contributed by atoms with van der Waals surface area (Å²) >= 11 is 1.77. The maximum atomic E-state index is 6.10. The van der Waals surface area contributed by atoms with Gasteiger partial charge in [0.2, 0.25) is 0 Å². The fraction of sp³-hybridized carbons (Fsp3) is 0.421. The predicted octanol–water partition coefficient (Wildman–Crippen LogP) is 4.64. The van der Waals surface area contributed by atoms with Crippen LogP contribution in [0.5, 0.6) is 5.75 Å². The van der Waals surface area contributed by atoms with E-state index in [0.29, 0.717) is 0 Å². The summed E-state index contributed by atoms with van der Waals surface area (Å²) in [5.74, 6) is 1.77. The van der Waals surface area contributed by atoms with Gasteiger partial charge in [0, 0.05) is 23.9 Å². The van der Waals surface area contributed by atoms with Crippen molar-refractivity contribution < 1.29 is 4.74 Å². The van der Waals surface area contributed by atoms with Crippen LogP contribution in [0.2, 0.25) is 0 Å². The number of rotatable bonds is 3. The summed E-state index contributed by atoms with van der Waals surface area (Å²) in [5.41, 5.74) is 2.31. The SMILES string of the molecule is CN=C(NCc1sccc1C)NC1CC(C)(C)Oc2ccccc21.I. The summed E-state index contributed by atoms with van der Waals surface area (Å²) in [6.07, 6.45) is 0.892. The lowest BCUT2D eigenvalue weighted by Gasteiger charge is -2.38. The molecule has 3 rings (SSSR count). The van der Waals surface area contributed by atoms with Crippen molar-refractivity contribution in [2.24, 2.45) is 4.99 Å². The Bertz CT molecular complexity index is 742. The lowest BCUT2D eigenvalue weighted by atomic mass is 9.90. The Morgan fingerprint density at radius 2 is 2.08 bits per heavy atom. The van der Waals surface area contributed by atoms with E-state index in [9.17, 15) is 0 Å². The third-order valence-electron chi connectivity index (χ3n) is 4.30. The van der Waals surface area contributed by atoms with Gasteiger partial charge in [0.25, 0.3) is 0 Å². The second kappa shape index (κ2) is 8.40. The topological polar surface area (TPSA) is 45.7 Å². The van der Waals surface area contributed by atoms with Crippen molar-refractivity contribution in [3.8, 4) is 5.75 Å². The molecule has 25 heavy (non-hydrogen) atoms. The zero-order valence-electron chi connectivity index (χ0n) is 15.1. The lowest BCUT2D eigenvalue weighted by molar-refractivity contribution is 0.0694. The van der Waals surface area contributed by atoms with Crippen LogP contribution in [0.4, 0.5) is 0 Å². The van der Waals surface area contributed by atoms with E-state index in [0.717, 1.165) is 24.7 Å². The number of benzene rings is 1.